The minimum Gasteiger partial charge on any atom is -0.382 e. The van der Waals surface area contributed by atoms with Crippen LogP contribution in [0.1, 0.15) is 34.5 Å². The number of nitrogens with one attached hydrogen (secondary N) is 1. The normalized spacial score (nSPS) is 10.6. The number of ketones is 1. The summed E-state index contributed by atoms with van der Waals surface area (Å²) >= 11 is 6.36. The second-order valence-corrected chi connectivity index (χ2v) is 8.92. The Bertz CT molecular complexity index is 1830. The van der Waals surface area contributed by atoms with Crippen LogP contribution < -0.4 is 16.6 Å². The SMILES string of the molecule is CC(=O)c1cccc(C#Cc2c(N)ncnc2NCCc2nc3cccc(Cl)c3c(=O)n2-c2ccccc2)n1. The van der Waals surface area contributed by atoms with Crippen LogP contribution in [0, 0.1) is 11.8 Å². The first-order valence-electron chi connectivity index (χ1n) is 12.0. The zero-order valence-electron chi connectivity index (χ0n) is 20.9. The van der Waals surface area contributed by atoms with Crippen molar-refractivity contribution in [1.82, 2.24) is 24.5 Å². The van der Waals surface area contributed by atoms with Gasteiger partial charge in [0.15, 0.2) is 5.78 Å². The fourth-order valence-corrected chi connectivity index (χ4v) is 4.27. The third-order valence-corrected chi connectivity index (χ3v) is 6.19. The Kier molecular flexibility index (Phi) is 7.30. The Morgan fingerprint density at radius 3 is 2.59 bits per heavy atom. The van der Waals surface area contributed by atoms with Crippen molar-refractivity contribution < 1.29 is 4.79 Å². The molecule has 192 valence electrons. The second-order valence-electron chi connectivity index (χ2n) is 8.51. The first-order valence-corrected chi connectivity index (χ1v) is 12.4. The van der Waals surface area contributed by atoms with E-state index in [1.165, 1.54) is 13.3 Å². The van der Waals surface area contributed by atoms with Crippen LogP contribution in [0.15, 0.2) is 77.9 Å². The van der Waals surface area contributed by atoms with Gasteiger partial charge in [0.2, 0.25) is 0 Å². The Morgan fingerprint density at radius 1 is 1.00 bits per heavy atom. The van der Waals surface area contributed by atoms with Crippen molar-refractivity contribution >= 4 is 39.9 Å². The van der Waals surface area contributed by atoms with Crippen LogP contribution in [0.3, 0.4) is 0 Å². The molecule has 0 amide bonds. The summed E-state index contributed by atoms with van der Waals surface area (Å²) in [7, 11) is 0. The summed E-state index contributed by atoms with van der Waals surface area (Å²) < 4.78 is 1.57. The van der Waals surface area contributed by atoms with Gasteiger partial charge in [-0.1, -0.05) is 47.9 Å². The van der Waals surface area contributed by atoms with Crippen molar-refractivity contribution in [1.29, 1.82) is 0 Å². The molecule has 0 atom stereocenters. The van der Waals surface area contributed by atoms with Crippen molar-refractivity contribution in [3.8, 4) is 17.5 Å². The zero-order valence-corrected chi connectivity index (χ0v) is 21.6. The summed E-state index contributed by atoms with van der Waals surface area (Å²) in [6.07, 6.45) is 1.72. The standard InChI is InChI=1S/C29H22ClN7O2/c1-18(38)23-11-5-7-19(35-23)13-14-21-27(31)33-17-34-28(21)32-16-15-25-36-24-12-6-10-22(30)26(24)29(39)37(25)20-8-3-2-4-9-20/h2-12,17H,15-16H2,1H3,(H3,31,32,33,34). The molecule has 10 heteroatoms. The van der Waals surface area contributed by atoms with E-state index in [1.807, 2.05) is 30.3 Å². The van der Waals surface area contributed by atoms with E-state index in [0.717, 1.165) is 0 Å². The summed E-state index contributed by atoms with van der Waals surface area (Å²) in [5.41, 5.74) is 8.20. The van der Waals surface area contributed by atoms with Gasteiger partial charge in [-0.05, 0) is 42.3 Å². The number of hydrogen-bond donors (Lipinski definition) is 2. The van der Waals surface area contributed by atoms with E-state index in [2.05, 4.69) is 32.1 Å². The molecule has 3 N–H and O–H groups in total. The van der Waals surface area contributed by atoms with E-state index in [9.17, 15) is 9.59 Å². The fraction of sp³-hybridized carbons (Fsp3) is 0.103. The van der Waals surface area contributed by atoms with E-state index in [-0.39, 0.29) is 17.2 Å². The Labute approximate surface area is 228 Å². The highest BCUT2D eigenvalue weighted by molar-refractivity contribution is 6.35. The van der Waals surface area contributed by atoms with E-state index in [0.29, 0.717) is 63.2 Å². The second kappa shape index (κ2) is 11.1. The number of hydrogen-bond acceptors (Lipinski definition) is 8. The predicted molar refractivity (Wildman–Crippen MR) is 151 cm³/mol. The predicted octanol–water partition coefficient (Wildman–Crippen LogP) is 4.06. The molecule has 3 aromatic heterocycles. The molecule has 0 fully saturated rings. The van der Waals surface area contributed by atoms with E-state index < -0.39 is 0 Å². The third kappa shape index (κ3) is 5.46. The highest BCUT2D eigenvalue weighted by Crippen LogP contribution is 2.21. The van der Waals surface area contributed by atoms with Crippen molar-refractivity contribution in [3.05, 3.63) is 111 Å². The van der Waals surface area contributed by atoms with Gasteiger partial charge < -0.3 is 11.1 Å². The van der Waals surface area contributed by atoms with Crippen LogP contribution >= 0.6 is 11.6 Å². The lowest BCUT2D eigenvalue weighted by Crippen LogP contribution is -2.25. The van der Waals surface area contributed by atoms with Crippen molar-refractivity contribution in [2.24, 2.45) is 0 Å². The third-order valence-electron chi connectivity index (χ3n) is 5.87. The molecule has 0 aliphatic rings. The van der Waals surface area contributed by atoms with Crippen molar-refractivity contribution in [2.45, 2.75) is 13.3 Å². The highest BCUT2D eigenvalue weighted by Gasteiger charge is 2.15. The number of anilines is 2. The monoisotopic (exact) mass is 535 g/mol. The molecule has 0 aliphatic heterocycles. The first kappa shape index (κ1) is 25.6. The van der Waals surface area contributed by atoms with Crippen LogP contribution in [0.5, 0.6) is 0 Å². The number of para-hydroxylation sites is 1. The van der Waals surface area contributed by atoms with Crippen LogP contribution in [0.4, 0.5) is 11.6 Å². The summed E-state index contributed by atoms with van der Waals surface area (Å²) in [6.45, 7) is 1.81. The number of carbonyl (C=O) groups excluding carboxylic acids is 1. The number of Topliss-reactive ketones (excluding diaryl/α,β-unsaturated/α-hetero) is 1. The van der Waals surface area contributed by atoms with Crippen molar-refractivity contribution in [2.75, 3.05) is 17.6 Å². The minimum absolute atomic E-state index is 0.151. The molecule has 0 radical (unpaired) electrons. The molecule has 0 saturated heterocycles. The summed E-state index contributed by atoms with van der Waals surface area (Å²) in [5.74, 6) is 6.91. The smallest absolute Gasteiger partial charge is 0.267 e. The van der Waals surface area contributed by atoms with E-state index in [4.69, 9.17) is 22.3 Å². The maximum Gasteiger partial charge on any atom is 0.267 e. The Morgan fingerprint density at radius 2 is 1.79 bits per heavy atom. The van der Waals surface area contributed by atoms with Crippen LogP contribution in [0.25, 0.3) is 16.6 Å². The summed E-state index contributed by atoms with van der Waals surface area (Å²) in [4.78, 5) is 42.5. The molecular formula is C29H22ClN7O2. The number of nitrogens with zero attached hydrogens (tertiary/aromatic N) is 5. The average Bonchev–Trinajstić information content (AvgIpc) is 2.93. The molecule has 5 aromatic rings. The lowest BCUT2D eigenvalue weighted by molar-refractivity contribution is 0.101. The van der Waals surface area contributed by atoms with Gasteiger partial charge in [0.25, 0.3) is 5.56 Å². The fourth-order valence-electron chi connectivity index (χ4n) is 4.02. The van der Waals surface area contributed by atoms with Crippen LogP contribution in [-0.2, 0) is 6.42 Å². The quantitative estimate of drug-likeness (QED) is 0.246. The molecule has 9 nitrogen and oxygen atoms in total. The first-order chi connectivity index (χ1) is 18.9. The molecule has 0 unspecified atom stereocenters. The Hall–Kier alpha value is -5.07. The number of fused-ring (bicyclic) bond motifs is 1. The van der Waals surface area contributed by atoms with Gasteiger partial charge in [-0.15, -0.1) is 0 Å². The van der Waals surface area contributed by atoms with Crippen LogP contribution in [0.2, 0.25) is 5.02 Å². The molecule has 0 bridgehead atoms. The number of pyridine rings is 1. The van der Waals surface area contributed by atoms with Gasteiger partial charge in [-0.3, -0.25) is 14.2 Å². The molecule has 5 rings (SSSR count). The average molecular weight is 536 g/mol. The van der Waals surface area contributed by atoms with Crippen LogP contribution in [-0.4, -0.2) is 36.8 Å². The number of halogens is 1. The molecule has 2 aromatic carbocycles. The molecule has 0 saturated carbocycles. The van der Waals surface area contributed by atoms with E-state index in [1.54, 1.807) is 41.0 Å². The Balaban J connectivity index is 1.46. The van der Waals surface area contributed by atoms with Gasteiger partial charge in [0.1, 0.15) is 40.7 Å². The summed E-state index contributed by atoms with van der Waals surface area (Å²) in [5, 5.41) is 3.95. The number of benzene rings is 2. The number of nitrogen functional groups attached to an aromatic ring is 1. The number of carbonyl (C=O) groups is 1. The maximum atomic E-state index is 13.5. The molecular weight excluding hydrogens is 514 g/mol. The molecule has 0 aliphatic carbocycles. The van der Waals surface area contributed by atoms with Gasteiger partial charge in [-0.25, -0.2) is 19.9 Å². The number of nitrogens with two attached hydrogens (primary N) is 1. The van der Waals surface area contributed by atoms with Gasteiger partial charge in [-0.2, -0.15) is 0 Å². The lowest BCUT2D eigenvalue weighted by atomic mass is 10.2. The number of aromatic nitrogens is 5. The maximum absolute atomic E-state index is 13.5. The van der Waals surface area contributed by atoms with Gasteiger partial charge in [0, 0.05) is 19.9 Å². The van der Waals surface area contributed by atoms with E-state index >= 15 is 0 Å². The zero-order chi connectivity index (χ0) is 27.4. The number of rotatable bonds is 6. The molecule has 3 heterocycles. The topological polar surface area (TPSA) is 129 Å². The minimum atomic E-state index is -0.245. The largest absolute Gasteiger partial charge is 0.382 e. The lowest BCUT2D eigenvalue weighted by Gasteiger charge is -2.15. The summed E-state index contributed by atoms with van der Waals surface area (Å²) in [6, 6.07) is 19.5. The van der Waals surface area contributed by atoms with Crippen molar-refractivity contribution in [3.63, 3.8) is 0 Å². The molecule has 0 spiro atoms. The molecule has 39 heavy (non-hydrogen) atoms. The van der Waals surface area contributed by atoms with Gasteiger partial charge in [0.05, 0.1) is 21.6 Å². The highest BCUT2D eigenvalue weighted by atomic mass is 35.5. The van der Waals surface area contributed by atoms with Gasteiger partial charge >= 0.3 is 0 Å².